The zero-order valence-corrected chi connectivity index (χ0v) is 8.33. The molecule has 1 fully saturated rings. The molecule has 0 spiro atoms. The highest BCUT2D eigenvalue weighted by atomic mass is 16.1. The van der Waals surface area contributed by atoms with Gasteiger partial charge >= 0.3 is 0 Å². The second kappa shape index (κ2) is 5.79. The Hall–Kier alpha value is -0.790. The van der Waals surface area contributed by atoms with E-state index in [0.717, 1.165) is 11.8 Å². The molecule has 2 nitrogen and oxygen atoms in total. The fraction of sp³-hybridized carbons (Fsp3) is 0.727. The molecule has 74 valence electrons. The Kier molecular flexibility index (Phi) is 4.58. The SMILES string of the molecule is C1=C\CC2CC2CCC/1.CNC=O. The fourth-order valence-electron chi connectivity index (χ4n) is 1.84. The van der Waals surface area contributed by atoms with E-state index in [2.05, 4.69) is 17.5 Å². The van der Waals surface area contributed by atoms with Crippen LogP contribution in [0.25, 0.3) is 0 Å². The first-order chi connectivity index (χ1) is 6.38. The highest BCUT2D eigenvalue weighted by molar-refractivity contribution is 5.44. The van der Waals surface area contributed by atoms with Crippen LogP contribution in [0.5, 0.6) is 0 Å². The molecule has 2 atom stereocenters. The summed E-state index contributed by atoms with van der Waals surface area (Å²) in [6, 6.07) is 0. The Morgan fingerprint density at radius 1 is 1.38 bits per heavy atom. The van der Waals surface area contributed by atoms with Gasteiger partial charge in [0.2, 0.25) is 6.41 Å². The van der Waals surface area contributed by atoms with Crippen LogP contribution < -0.4 is 5.32 Å². The molecule has 0 bridgehead atoms. The van der Waals surface area contributed by atoms with Gasteiger partial charge in [0, 0.05) is 7.05 Å². The minimum absolute atomic E-state index is 0.625. The molecule has 0 aromatic carbocycles. The number of fused-ring (bicyclic) bond motifs is 1. The van der Waals surface area contributed by atoms with Gasteiger partial charge in [-0.3, -0.25) is 4.79 Å². The van der Waals surface area contributed by atoms with Crippen molar-refractivity contribution in [2.45, 2.75) is 32.1 Å². The number of allylic oxidation sites excluding steroid dienone is 2. The second-order valence-electron chi connectivity index (χ2n) is 3.80. The predicted molar refractivity (Wildman–Crippen MR) is 54.3 cm³/mol. The van der Waals surface area contributed by atoms with Crippen LogP contribution in [-0.4, -0.2) is 13.5 Å². The third-order valence-corrected chi connectivity index (χ3v) is 2.74. The lowest BCUT2D eigenvalue weighted by atomic mass is 10.1. The molecular formula is C11H19NO. The lowest BCUT2D eigenvalue weighted by molar-refractivity contribution is -0.109. The van der Waals surface area contributed by atoms with Crippen LogP contribution in [0.4, 0.5) is 0 Å². The average molecular weight is 181 g/mol. The van der Waals surface area contributed by atoms with Gasteiger partial charge < -0.3 is 5.32 Å². The molecule has 2 aliphatic rings. The van der Waals surface area contributed by atoms with Gasteiger partial charge in [0.1, 0.15) is 0 Å². The van der Waals surface area contributed by atoms with E-state index >= 15 is 0 Å². The molecule has 0 aromatic heterocycles. The van der Waals surface area contributed by atoms with E-state index < -0.39 is 0 Å². The van der Waals surface area contributed by atoms with E-state index in [1.807, 2.05) is 0 Å². The van der Waals surface area contributed by atoms with E-state index in [9.17, 15) is 0 Å². The van der Waals surface area contributed by atoms with Crippen molar-refractivity contribution in [3.63, 3.8) is 0 Å². The van der Waals surface area contributed by atoms with Gasteiger partial charge in [-0.05, 0) is 43.9 Å². The molecule has 0 heterocycles. The van der Waals surface area contributed by atoms with E-state index in [1.165, 1.54) is 32.1 Å². The highest BCUT2D eigenvalue weighted by Gasteiger charge is 2.35. The molecule has 0 aromatic rings. The quantitative estimate of drug-likeness (QED) is 0.487. The minimum atomic E-state index is 0.625. The van der Waals surface area contributed by atoms with Crippen molar-refractivity contribution < 1.29 is 4.79 Å². The number of hydrogen-bond donors (Lipinski definition) is 1. The largest absolute Gasteiger partial charge is 0.362 e. The summed E-state index contributed by atoms with van der Waals surface area (Å²) in [5.41, 5.74) is 0. The second-order valence-corrected chi connectivity index (χ2v) is 3.80. The Morgan fingerprint density at radius 2 is 2.15 bits per heavy atom. The van der Waals surface area contributed by atoms with Crippen molar-refractivity contribution in [3.8, 4) is 0 Å². The summed E-state index contributed by atoms with van der Waals surface area (Å²) in [5, 5.41) is 2.25. The normalized spacial score (nSPS) is 32.4. The van der Waals surface area contributed by atoms with Crippen LogP contribution in [0.1, 0.15) is 32.1 Å². The third kappa shape index (κ3) is 4.11. The molecular weight excluding hydrogens is 162 g/mol. The van der Waals surface area contributed by atoms with E-state index in [0.29, 0.717) is 6.41 Å². The molecule has 1 amide bonds. The Morgan fingerprint density at radius 3 is 2.85 bits per heavy atom. The van der Waals surface area contributed by atoms with Gasteiger partial charge in [-0.15, -0.1) is 0 Å². The molecule has 0 saturated heterocycles. The fourth-order valence-corrected chi connectivity index (χ4v) is 1.84. The van der Waals surface area contributed by atoms with Gasteiger partial charge in [-0.2, -0.15) is 0 Å². The number of rotatable bonds is 1. The summed E-state index contributed by atoms with van der Waals surface area (Å²) in [4.78, 5) is 9.06. The van der Waals surface area contributed by atoms with Crippen molar-refractivity contribution in [1.82, 2.24) is 5.32 Å². The summed E-state index contributed by atoms with van der Waals surface area (Å²) < 4.78 is 0. The van der Waals surface area contributed by atoms with Gasteiger partial charge in [-0.25, -0.2) is 0 Å². The van der Waals surface area contributed by atoms with E-state index in [1.54, 1.807) is 7.05 Å². The molecule has 2 aliphatic carbocycles. The molecule has 0 aliphatic heterocycles. The Labute approximate surface area is 80.4 Å². The molecule has 2 unspecified atom stereocenters. The van der Waals surface area contributed by atoms with Crippen molar-refractivity contribution in [2.24, 2.45) is 11.8 Å². The minimum Gasteiger partial charge on any atom is -0.362 e. The van der Waals surface area contributed by atoms with Crippen molar-refractivity contribution in [3.05, 3.63) is 12.2 Å². The summed E-state index contributed by atoms with van der Waals surface area (Å²) in [7, 11) is 1.56. The van der Waals surface area contributed by atoms with Gasteiger partial charge in [-0.1, -0.05) is 12.2 Å². The molecule has 13 heavy (non-hydrogen) atoms. The Balaban J connectivity index is 0.000000184. The lowest BCUT2D eigenvalue weighted by Crippen LogP contribution is -1.98. The lowest BCUT2D eigenvalue weighted by Gasteiger charge is -1.99. The number of amides is 1. The van der Waals surface area contributed by atoms with Crippen LogP contribution in [0.15, 0.2) is 12.2 Å². The number of carbonyl (C=O) groups excluding carboxylic acids is 1. The van der Waals surface area contributed by atoms with Crippen LogP contribution in [-0.2, 0) is 4.79 Å². The maximum Gasteiger partial charge on any atom is 0.206 e. The first-order valence-electron chi connectivity index (χ1n) is 5.14. The highest BCUT2D eigenvalue weighted by Crippen LogP contribution is 2.45. The molecule has 1 saturated carbocycles. The number of nitrogens with one attached hydrogen (secondary N) is 1. The van der Waals surface area contributed by atoms with Crippen molar-refractivity contribution in [1.29, 1.82) is 0 Å². The third-order valence-electron chi connectivity index (χ3n) is 2.74. The summed E-state index contributed by atoms with van der Waals surface area (Å²) in [6.07, 6.45) is 12.6. The molecule has 2 rings (SSSR count). The van der Waals surface area contributed by atoms with Crippen LogP contribution in [0.3, 0.4) is 0 Å². The van der Waals surface area contributed by atoms with Gasteiger partial charge in [0.05, 0.1) is 0 Å². The molecule has 1 N–H and O–H groups in total. The maximum atomic E-state index is 9.06. The zero-order chi connectivity index (χ0) is 9.52. The topological polar surface area (TPSA) is 29.1 Å². The standard InChI is InChI=1S/C9H14.C2H5NO/c1-2-4-6-9-7-8(9)5-3-1;1-3-2-4/h1,3,8-9H,2,4-7H2;2H,1H3,(H,3,4)/b3-1-;. The van der Waals surface area contributed by atoms with Crippen molar-refractivity contribution in [2.75, 3.05) is 7.05 Å². The van der Waals surface area contributed by atoms with Crippen molar-refractivity contribution >= 4 is 6.41 Å². The summed E-state index contributed by atoms with van der Waals surface area (Å²) >= 11 is 0. The van der Waals surface area contributed by atoms with Crippen LogP contribution in [0, 0.1) is 11.8 Å². The predicted octanol–water partition coefficient (Wildman–Crippen LogP) is 2.11. The zero-order valence-electron chi connectivity index (χ0n) is 8.33. The van der Waals surface area contributed by atoms with Crippen LogP contribution in [0.2, 0.25) is 0 Å². The van der Waals surface area contributed by atoms with E-state index in [-0.39, 0.29) is 0 Å². The molecule has 0 radical (unpaired) electrons. The summed E-state index contributed by atoms with van der Waals surface area (Å²) in [5.74, 6) is 2.23. The average Bonchev–Trinajstić information content (AvgIpc) is 2.83. The maximum absolute atomic E-state index is 9.06. The number of carbonyl (C=O) groups is 1. The van der Waals surface area contributed by atoms with Gasteiger partial charge in [0.15, 0.2) is 0 Å². The first kappa shape index (κ1) is 10.3. The monoisotopic (exact) mass is 181 g/mol. The van der Waals surface area contributed by atoms with Crippen LogP contribution >= 0.6 is 0 Å². The number of hydrogen-bond acceptors (Lipinski definition) is 1. The van der Waals surface area contributed by atoms with E-state index in [4.69, 9.17) is 4.79 Å². The summed E-state index contributed by atoms with van der Waals surface area (Å²) in [6.45, 7) is 0. The molecule has 2 heteroatoms. The first-order valence-corrected chi connectivity index (χ1v) is 5.14. The smallest absolute Gasteiger partial charge is 0.206 e. The Bertz CT molecular complexity index is 177. The van der Waals surface area contributed by atoms with Gasteiger partial charge in [0.25, 0.3) is 0 Å².